The van der Waals surface area contributed by atoms with Gasteiger partial charge in [-0.1, -0.05) is 0 Å². The average Bonchev–Trinajstić information content (AvgIpc) is 2.95. The first kappa shape index (κ1) is 19.4. The summed E-state index contributed by atoms with van der Waals surface area (Å²) in [5.41, 5.74) is 3.20. The molecule has 1 saturated heterocycles. The van der Waals surface area contributed by atoms with Crippen LogP contribution in [0.1, 0.15) is 39.2 Å². The fourth-order valence-electron chi connectivity index (χ4n) is 4.27. The summed E-state index contributed by atoms with van der Waals surface area (Å²) in [6.45, 7) is 8.44. The van der Waals surface area contributed by atoms with Gasteiger partial charge >= 0.3 is 185 Å². The van der Waals surface area contributed by atoms with Crippen LogP contribution in [0, 0.1) is 0 Å². The number of nitrogens with zero attached hydrogens (tertiary/aromatic N) is 1. The van der Waals surface area contributed by atoms with Gasteiger partial charge in [-0.3, -0.25) is 0 Å². The molecule has 0 saturated carbocycles. The average molecular weight is 498 g/mol. The molecule has 4 aliphatic rings. The number of hydrogen-bond donors (Lipinski definition) is 0. The number of allylic oxidation sites excluding steroid dienone is 6. The Morgan fingerprint density at radius 2 is 1.76 bits per heavy atom. The fraction of sp³-hybridized carbons (Fsp3) is 0.333. The van der Waals surface area contributed by atoms with E-state index in [2.05, 4.69) is 103 Å². The number of para-hydroxylation sites is 1. The third-order valence-corrected chi connectivity index (χ3v) is 8.83. The number of benzene rings is 1. The molecule has 3 heterocycles. The molecule has 29 heavy (non-hydrogen) atoms. The molecule has 2 atom stereocenters. The van der Waals surface area contributed by atoms with Crippen LogP contribution >= 0.6 is 0 Å². The Labute approximate surface area is 184 Å². The third-order valence-electron chi connectivity index (χ3n) is 6.54. The van der Waals surface area contributed by atoms with E-state index in [4.69, 9.17) is 9.31 Å². The van der Waals surface area contributed by atoms with Crippen LogP contribution in [-0.2, 0) is 9.31 Å². The number of rotatable bonds is 2. The van der Waals surface area contributed by atoms with Gasteiger partial charge in [0.1, 0.15) is 0 Å². The maximum absolute atomic E-state index is 6.32. The SMILES string of the molecule is CC1(C)OB(C2=CC3c4ccccc4N(C4=CC=CC=C[I-]4)C3C=C2)OC1(C)C. The Kier molecular flexibility index (Phi) is 4.68. The molecule has 0 spiro atoms. The molecule has 0 N–H and O–H groups in total. The third kappa shape index (κ3) is 3.18. The molecule has 3 nitrogen and oxygen atoms in total. The zero-order valence-electron chi connectivity index (χ0n) is 17.3. The van der Waals surface area contributed by atoms with Crippen LogP contribution in [0.2, 0.25) is 0 Å². The van der Waals surface area contributed by atoms with Crippen molar-refractivity contribution in [2.75, 3.05) is 4.90 Å². The molecule has 0 amide bonds. The minimum atomic E-state index is -0.322. The summed E-state index contributed by atoms with van der Waals surface area (Å²) in [5.74, 6) is 0.311. The second kappa shape index (κ2) is 7.00. The molecule has 2 unspecified atom stereocenters. The second-order valence-corrected chi connectivity index (χ2v) is 11.3. The van der Waals surface area contributed by atoms with Crippen molar-refractivity contribution in [3.05, 3.63) is 85.6 Å². The van der Waals surface area contributed by atoms with E-state index in [-0.39, 0.29) is 39.5 Å². The summed E-state index contributed by atoms with van der Waals surface area (Å²) in [4.78, 5) is 2.54. The number of fused-ring (bicyclic) bond motifs is 3. The molecular weight excluding hydrogens is 472 g/mol. The molecule has 0 bridgehead atoms. The Bertz CT molecular complexity index is 972. The molecule has 1 aromatic rings. The van der Waals surface area contributed by atoms with Crippen LogP contribution in [0.5, 0.6) is 0 Å². The van der Waals surface area contributed by atoms with Gasteiger partial charge in [0.25, 0.3) is 0 Å². The van der Waals surface area contributed by atoms with Gasteiger partial charge in [0.15, 0.2) is 0 Å². The Hall–Kier alpha value is -1.57. The molecular formula is C24H26BINO2-. The molecule has 1 fully saturated rings. The van der Waals surface area contributed by atoms with Gasteiger partial charge in [-0.05, 0) is 0 Å². The molecule has 1 aromatic carbocycles. The molecule has 5 rings (SSSR count). The Balaban J connectivity index is 1.51. The first-order chi connectivity index (χ1) is 13.9. The van der Waals surface area contributed by atoms with E-state index in [1.807, 2.05) is 0 Å². The number of hydrogen-bond acceptors (Lipinski definition) is 3. The second-order valence-electron chi connectivity index (χ2n) is 8.86. The zero-order valence-corrected chi connectivity index (χ0v) is 19.5. The van der Waals surface area contributed by atoms with Crippen molar-refractivity contribution < 1.29 is 30.5 Å². The van der Waals surface area contributed by atoms with Gasteiger partial charge in [-0.2, -0.15) is 0 Å². The first-order valence-electron chi connectivity index (χ1n) is 10.2. The van der Waals surface area contributed by atoms with Crippen LogP contribution in [0.25, 0.3) is 0 Å². The van der Waals surface area contributed by atoms with E-state index in [0.717, 1.165) is 5.47 Å². The van der Waals surface area contributed by atoms with Crippen LogP contribution in [0.15, 0.2) is 80.1 Å². The van der Waals surface area contributed by atoms with Gasteiger partial charge in [-0.25, -0.2) is 0 Å². The van der Waals surface area contributed by atoms with Crippen molar-refractivity contribution in [2.24, 2.45) is 0 Å². The predicted octanol–water partition coefficient (Wildman–Crippen LogP) is 2.10. The van der Waals surface area contributed by atoms with E-state index in [9.17, 15) is 0 Å². The van der Waals surface area contributed by atoms with Crippen molar-refractivity contribution in [1.82, 2.24) is 0 Å². The van der Waals surface area contributed by atoms with Crippen LogP contribution < -0.4 is 26.1 Å². The summed E-state index contributed by atoms with van der Waals surface area (Å²) in [5, 5.41) is 0. The van der Waals surface area contributed by atoms with Crippen molar-refractivity contribution >= 4 is 12.8 Å². The van der Waals surface area contributed by atoms with Crippen molar-refractivity contribution in [3.63, 3.8) is 0 Å². The standard InChI is InChI=1S/C24H26BINO2/c1-23(2)24(3,4)29-25(28-23)17-13-14-21-19(16-17)18-10-7-8-11-20(18)27(21)22-12-6-5-9-15-26-22/h5-16,19,21H,1-4H3/q-1. The van der Waals surface area contributed by atoms with E-state index >= 15 is 0 Å². The van der Waals surface area contributed by atoms with Gasteiger partial charge in [0, 0.05) is 0 Å². The summed E-state index contributed by atoms with van der Waals surface area (Å²) >= 11 is -0.158. The van der Waals surface area contributed by atoms with E-state index in [1.54, 1.807) is 0 Å². The topological polar surface area (TPSA) is 21.7 Å². The first-order valence-corrected chi connectivity index (χ1v) is 12.5. The zero-order chi connectivity index (χ0) is 20.2. The molecule has 5 heteroatoms. The molecule has 0 aromatic heterocycles. The predicted molar refractivity (Wildman–Crippen MR) is 115 cm³/mol. The van der Waals surface area contributed by atoms with E-state index in [0.29, 0.717) is 12.0 Å². The normalized spacial score (nSPS) is 29.0. The molecule has 3 aliphatic heterocycles. The monoisotopic (exact) mass is 498 g/mol. The Morgan fingerprint density at radius 1 is 1.00 bits per heavy atom. The van der Waals surface area contributed by atoms with Crippen LogP contribution in [0.4, 0.5) is 5.69 Å². The van der Waals surface area contributed by atoms with Gasteiger partial charge in [0.05, 0.1) is 0 Å². The summed E-state index contributed by atoms with van der Waals surface area (Å²) < 4.78 is 16.4. The Morgan fingerprint density at radius 3 is 2.55 bits per heavy atom. The summed E-state index contributed by atoms with van der Waals surface area (Å²) in [7, 11) is -0.311. The fourth-order valence-corrected chi connectivity index (χ4v) is 6.38. The van der Waals surface area contributed by atoms with E-state index < -0.39 is 0 Å². The molecule has 150 valence electrons. The summed E-state index contributed by atoms with van der Waals surface area (Å²) in [6.07, 6.45) is 15.7. The van der Waals surface area contributed by atoms with Crippen LogP contribution in [0.3, 0.4) is 0 Å². The van der Waals surface area contributed by atoms with Crippen molar-refractivity contribution in [3.8, 4) is 0 Å². The van der Waals surface area contributed by atoms with E-state index in [1.165, 1.54) is 15.0 Å². The van der Waals surface area contributed by atoms with Gasteiger partial charge in [0.2, 0.25) is 0 Å². The van der Waals surface area contributed by atoms with Crippen LogP contribution in [-0.4, -0.2) is 24.4 Å². The molecule has 0 radical (unpaired) electrons. The maximum atomic E-state index is 6.32. The van der Waals surface area contributed by atoms with Crippen molar-refractivity contribution in [2.45, 2.75) is 50.9 Å². The summed E-state index contributed by atoms with van der Waals surface area (Å²) in [6, 6.07) is 9.13. The number of halogens is 1. The van der Waals surface area contributed by atoms with Crippen molar-refractivity contribution in [1.29, 1.82) is 0 Å². The quantitative estimate of drug-likeness (QED) is 0.355. The van der Waals surface area contributed by atoms with Gasteiger partial charge in [-0.15, -0.1) is 0 Å². The number of anilines is 1. The minimum absolute atomic E-state index is 0.158. The molecule has 1 aliphatic carbocycles. The van der Waals surface area contributed by atoms with Gasteiger partial charge < -0.3 is 0 Å².